The molecule has 0 bridgehead atoms. The molecule has 0 spiro atoms. The summed E-state index contributed by atoms with van der Waals surface area (Å²) in [5, 5.41) is 11.7. The van der Waals surface area contributed by atoms with Crippen LogP contribution in [0.1, 0.15) is 11.3 Å². The molecule has 2 heterocycles. The van der Waals surface area contributed by atoms with Gasteiger partial charge in [-0.05, 0) is 6.07 Å². The lowest BCUT2D eigenvalue weighted by atomic mass is 10.1. The van der Waals surface area contributed by atoms with Crippen LogP contribution in [-0.2, 0) is 16.1 Å². The molecule has 19 heavy (non-hydrogen) atoms. The first-order valence-electron chi connectivity index (χ1n) is 6.13. The quantitative estimate of drug-likeness (QED) is 0.821. The summed E-state index contributed by atoms with van der Waals surface area (Å²) in [6.07, 6.45) is 1.59. The minimum atomic E-state index is -0.314. The van der Waals surface area contributed by atoms with Crippen molar-refractivity contribution >= 4 is 5.91 Å². The molecular formula is C13H16N4O2. The van der Waals surface area contributed by atoms with Crippen molar-refractivity contribution < 1.29 is 9.53 Å². The molecule has 1 aromatic heterocycles. The maximum absolute atomic E-state index is 11.8. The van der Waals surface area contributed by atoms with Gasteiger partial charge in [-0.1, -0.05) is 6.07 Å². The maximum atomic E-state index is 11.8. The monoisotopic (exact) mass is 260 g/mol. The Balaban J connectivity index is 2.16. The van der Waals surface area contributed by atoms with Crippen LogP contribution in [0.5, 0.6) is 0 Å². The number of amides is 1. The summed E-state index contributed by atoms with van der Waals surface area (Å²) in [4.78, 5) is 17.9. The van der Waals surface area contributed by atoms with Gasteiger partial charge < -0.3 is 10.1 Å². The average molecular weight is 260 g/mol. The highest BCUT2D eigenvalue weighted by molar-refractivity contribution is 5.81. The predicted molar refractivity (Wildman–Crippen MR) is 68.0 cm³/mol. The number of carbonyl (C=O) groups is 1. The molecule has 1 unspecified atom stereocenters. The number of pyridine rings is 1. The van der Waals surface area contributed by atoms with E-state index in [0.717, 1.165) is 5.56 Å². The third-order valence-electron chi connectivity index (χ3n) is 3.16. The first-order valence-corrected chi connectivity index (χ1v) is 6.13. The van der Waals surface area contributed by atoms with Gasteiger partial charge in [-0.15, -0.1) is 0 Å². The Bertz CT molecular complexity index is 498. The van der Waals surface area contributed by atoms with Crippen LogP contribution in [0.25, 0.3) is 0 Å². The van der Waals surface area contributed by atoms with Crippen molar-refractivity contribution in [2.75, 3.05) is 26.8 Å². The van der Waals surface area contributed by atoms with E-state index in [4.69, 9.17) is 10.00 Å². The Morgan fingerprint density at radius 3 is 3.32 bits per heavy atom. The number of hydrogen-bond acceptors (Lipinski definition) is 5. The zero-order valence-electron chi connectivity index (χ0n) is 10.8. The van der Waals surface area contributed by atoms with E-state index >= 15 is 0 Å². The third kappa shape index (κ3) is 3.08. The van der Waals surface area contributed by atoms with E-state index in [2.05, 4.69) is 16.4 Å². The number of hydrogen-bond donors (Lipinski definition) is 1. The topological polar surface area (TPSA) is 78.2 Å². The van der Waals surface area contributed by atoms with Gasteiger partial charge in [0.05, 0.1) is 13.2 Å². The molecule has 2 rings (SSSR count). The summed E-state index contributed by atoms with van der Waals surface area (Å²) >= 11 is 0. The minimum absolute atomic E-state index is 0.0675. The average Bonchev–Trinajstić information content (AvgIpc) is 2.47. The van der Waals surface area contributed by atoms with E-state index in [-0.39, 0.29) is 11.9 Å². The van der Waals surface area contributed by atoms with Gasteiger partial charge in [0.1, 0.15) is 17.8 Å². The number of aromatic nitrogens is 1. The first kappa shape index (κ1) is 13.5. The second kappa shape index (κ2) is 6.27. The molecule has 1 aliphatic rings. The zero-order valence-corrected chi connectivity index (χ0v) is 10.8. The lowest BCUT2D eigenvalue weighted by molar-refractivity contribution is -0.132. The Morgan fingerprint density at radius 2 is 2.58 bits per heavy atom. The summed E-state index contributed by atoms with van der Waals surface area (Å²) in [5.74, 6) is -0.0675. The standard InChI is InChI=1S/C13H16N4O2/c1-15-13(18)12-9-19-6-5-17(12)8-10-3-2-4-16-11(10)7-14/h2-4,12H,5-6,8-9H2,1H3,(H,15,18). The molecule has 1 fully saturated rings. The predicted octanol–water partition coefficient (Wildman–Crippen LogP) is -0.0999. The second-order valence-corrected chi connectivity index (χ2v) is 4.30. The molecular weight excluding hydrogens is 244 g/mol. The lowest BCUT2D eigenvalue weighted by Crippen LogP contribution is -2.52. The van der Waals surface area contributed by atoms with Crippen LogP contribution in [0.15, 0.2) is 18.3 Å². The van der Waals surface area contributed by atoms with Crippen LogP contribution in [0, 0.1) is 11.3 Å². The first-order chi connectivity index (χ1) is 9.26. The van der Waals surface area contributed by atoms with E-state index in [0.29, 0.717) is 32.0 Å². The minimum Gasteiger partial charge on any atom is -0.378 e. The molecule has 100 valence electrons. The van der Waals surface area contributed by atoms with E-state index < -0.39 is 0 Å². The Morgan fingerprint density at radius 1 is 1.74 bits per heavy atom. The Labute approximate surface area is 112 Å². The van der Waals surface area contributed by atoms with Crippen LogP contribution >= 0.6 is 0 Å². The summed E-state index contributed by atoms with van der Waals surface area (Å²) in [6, 6.07) is 5.42. The molecule has 6 heteroatoms. The highest BCUT2D eigenvalue weighted by Gasteiger charge is 2.29. The van der Waals surface area contributed by atoms with Crippen molar-refractivity contribution in [1.29, 1.82) is 5.26 Å². The van der Waals surface area contributed by atoms with Gasteiger partial charge >= 0.3 is 0 Å². The molecule has 0 aliphatic carbocycles. The van der Waals surface area contributed by atoms with Crippen LogP contribution in [0.2, 0.25) is 0 Å². The number of ether oxygens (including phenoxy) is 1. The molecule has 0 radical (unpaired) electrons. The fraction of sp³-hybridized carbons (Fsp3) is 0.462. The zero-order chi connectivity index (χ0) is 13.7. The lowest BCUT2D eigenvalue weighted by Gasteiger charge is -2.34. The second-order valence-electron chi connectivity index (χ2n) is 4.30. The van der Waals surface area contributed by atoms with Gasteiger partial charge in [0, 0.05) is 31.9 Å². The number of nitriles is 1. The largest absolute Gasteiger partial charge is 0.378 e. The summed E-state index contributed by atoms with van der Waals surface area (Å²) in [6.45, 7) is 2.16. The van der Waals surface area contributed by atoms with Crippen molar-refractivity contribution in [3.63, 3.8) is 0 Å². The van der Waals surface area contributed by atoms with Gasteiger partial charge in [0.25, 0.3) is 0 Å². The fourth-order valence-electron chi connectivity index (χ4n) is 2.12. The van der Waals surface area contributed by atoms with Gasteiger partial charge in [-0.3, -0.25) is 9.69 Å². The maximum Gasteiger partial charge on any atom is 0.239 e. The van der Waals surface area contributed by atoms with E-state index in [9.17, 15) is 4.79 Å². The normalized spacial score (nSPS) is 19.7. The van der Waals surface area contributed by atoms with Crippen molar-refractivity contribution in [3.05, 3.63) is 29.6 Å². The molecule has 6 nitrogen and oxygen atoms in total. The molecule has 1 amide bonds. The summed E-state index contributed by atoms with van der Waals surface area (Å²) in [7, 11) is 1.61. The van der Waals surface area contributed by atoms with Crippen LogP contribution in [0.4, 0.5) is 0 Å². The third-order valence-corrected chi connectivity index (χ3v) is 3.16. The van der Waals surface area contributed by atoms with Crippen LogP contribution < -0.4 is 5.32 Å². The summed E-state index contributed by atoms with van der Waals surface area (Å²) < 4.78 is 5.35. The fourth-order valence-corrected chi connectivity index (χ4v) is 2.12. The molecule has 1 saturated heterocycles. The van der Waals surface area contributed by atoms with Gasteiger partial charge in [0.15, 0.2) is 0 Å². The number of nitrogens with zero attached hydrogens (tertiary/aromatic N) is 3. The number of carbonyl (C=O) groups excluding carboxylic acids is 1. The van der Waals surface area contributed by atoms with Crippen LogP contribution in [0.3, 0.4) is 0 Å². The van der Waals surface area contributed by atoms with Gasteiger partial charge in [0.2, 0.25) is 5.91 Å². The van der Waals surface area contributed by atoms with Crippen molar-refractivity contribution in [3.8, 4) is 6.07 Å². The smallest absolute Gasteiger partial charge is 0.239 e. The van der Waals surface area contributed by atoms with Gasteiger partial charge in [-0.25, -0.2) is 4.98 Å². The van der Waals surface area contributed by atoms with Crippen molar-refractivity contribution in [2.45, 2.75) is 12.6 Å². The van der Waals surface area contributed by atoms with Crippen LogP contribution in [-0.4, -0.2) is 48.6 Å². The van der Waals surface area contributed by atoms with Crippen molar-refractivity contribution in [2.24, 2.45) is 0 Å². The molecule has 1 atom stereocenters. The molecule has 1 aromatic rings. The van der Waals surface area contributed by atoms with E-state index in [1.54, 1.807) is 19.3 Å². The number of nitrogens with one attached hydrogen (secondary N) is 1. The number of rotatable bonds is 3. The number of morpholine rings is 1. The molecule has 1 N–H and O–H groups in total. The van der Waals surface area contributed by atoms with E-state index in [1.165, 1.54) is 0 Å². The van der Waals surface area contributed by atoms with Gasteiger partial charge in [-0.2, -0.15) is 5.26 Å². The Kier molecular flexibility index (Phi) is 4.44. The summed E-state index contributed by atoms with van der Waals surface area (Å²) in [5.41, 5.74) is 1.24. The van der Waals surface area contributed by atoms with E-state index in [1.807, 2.05) is 11.0 Å². The Hall–Kier alpha value is -1.97. The SMILES string of the molecule is CNC(=O)C1COCCN1Cc1cccnc1C#N. The number of likely N-dealkylation sites (N-methyl/N-ethyl adjacent to an activating group) is 1. The molecule has 1 aliphatic heterocycles. The highest BCUT2D eigenvalue weighted by atomic mass is 16.5. The molecule has 0 aromatic carbocycles. The highest BCUT2D eigenvalue weighted by Crippen LogP contribution is 2.14. The molecule has 0 saturated carbocycles. The van der Waals surface area contributed by atoms with Crippen molar-refractivity contribution in [1.82, 2.24) is 15.2 Å².